The van der Waals surface area contributed by atoms with Gasteiger partial charge in [-0.25, -0.2) is 4.39 Å². The molecule has 2 atom stereocenters. The van der Waals surface area contributed by atoms with Crippen LogP contribution in [0.2, 0.25) is 0 Å². The molecule has 1 N–H and O–H groups in total. The van der Waals surface area contributed by atoms with Crippen molar-refractivity contribution in [3.8, 4) is 5.75 Å². The number of aromatic hydroxyl groups is 1. The highest BCUT2D eigenvalue weighted by Crippen LogP contribution is 2.45. The third-order valence-electron chi connectivity index (χ3n) is 4.85. The number of hydrogen-bond acceptors (Lipinski definition) is 4. The molecular weight excluding hydrogens is 291 g/mol. The predicted molar refractivity (Wildman–Crippen MR) is 72.5 cm³/mol. The van der Waals surface area contributed by atoms with Crippen LogP contribution in [0.3, 0.4) is 0 Å². The molecule has 3 fully saturated rings. The molecule has 0 saturated carbocycles. The first-order valence-corrected chi connectivity index (χ1v) is 7.27. The van der Waals surface area contributed by atoms with Crippen molar-refractivity contribution in [2.75, 3.05) is 19.7 Å². The third-order valence-corrected chi connectivity index (χ3v) is 4.85. The third kappa shape index (κ3) is 1.62. The molecule has 22 heavy (non-hydrogen) atoms. The molecular formula is C15H15FN2O4. The molecule has 0 aliphatic carbocycles. The highest BCUT2D eigenvalue weighted by molar-refractivity contribution is 5.96. The Labute approximate surface area is 126 Å². The summed E-state index contributed by atoms with van der Waals surface area (Å²) in [5.74, 6) is -1.64. The first-order chi connectivity index (χ1) is 10.5. The second-order valence-corrected chi connectivity index (χ2v) is 5.87. The van der Waals surface area contributed by atoms with Gasteiger partial charge in [0.25, 0.3) is 5.91 Å². The van der Waals surface area contributed by atoms with Crippen molar-refractivity contribution in [3.05, 3.63) is 29.6 Å². The van der Waals surface area contributed by atoms with Gasteiger partial charge in [0.05, 0.1) is 19.1 Å². The van der Waals surface area contributed by atoms with Crippen LogP contribution >= 0.6 is 0 Å². The summed E-state index contributed by atoms with van der Waals surface area (Å²) >= 11 is 0. The molecule has 3 heterocycles. The number of hydrogen-bond donors (Lipinski definition) is 1. The van der Waals surface area contributed by atoms with E-state index in [0.717, 1.165) is 12.1 Å². The fraction of sp³-hybridized carbons (Fsp3) is 0.467. The highest BCUT2D eigenvalue weighted by Gasteiger charge is 2.62. The molecule has 1 spiro atoms. The number of amides is 2. The molecule has 3 aliphatic rings. The van der Waals surface area contributed by atoms with Crippen LogP contribution in [0, 0.1) is 5.82 Å². The molecule has 6 nitrogen and oxygen atoms in total. The molecule has 3 saturated heterocycles. The minimum absolute atomic E-state index is 0.00181. The normalized spacial score (nSPS) is 29.9. The molecule has 7 heteroatoms. The zero-order valence-corrected chi connectivity index (χ0v) is 11.8. The van der Waals surface area contributed by atoms with Gasteiger partial charge >= 0.3 is 0 Å². The lowest BCUT2D eigenvalue weighted by Gasteiger charge is -2.31. The van der Waals surface area contributed by atoms with Gasteiger partial charge in [0.15, 0.2) is 17.3 Å². The molecule has 0 aromatic heterocycles. The predicted octanol–water partition coefficient (Wildman–Crippen LogP) is 0.705. The molecule has 0 bridgehead atoms. The number of halogens is 1. The van der Waals surface area contributed by atoms with Gasteiger partial charge in [0, 0.05) is 25.1 Å². The highest BCUT2D eigenvalue weighted by atomic mass is 19.1. The van der Waals surface area contributed by atoms with Gasteiger partial charge in [-0.15, -0.1) is 0 Å². The Morgan fingerprint density at radius 1 is 1.41 bits per heavy atom. The zero-order chi connectivity index (χ0) is 15.5. The Bertz CT molecular complexity index is 680. The average molecular weight is 306 g/mol. The fourth-order valence-corrected chi connectivity index (χ4v) is 3.85. The van der Waals surface area contributed by atoms with Crippen molar-refractivity contribution in [2.45, 2.75) is 24.6 Å². The van der Waals surface area contributed by atoms with Crippen molar-refractivity contribution < 1.29 is 23.8 Å². The molecule has 4 rings (SSSR count). The summed E-state index contributed by atoms with van der Waals surface area (Å²) in [7, 11) is 0. The lowest BCUT2D eigenvalue weighted by Crippen LogP contribution is -2.48. The largest absolute Gasteiger partial charge is 0.505 e. The van der Waals surface area contributed by atoms with Crippen LogP contribution in [0.1, 0.15) is 23.2 Å². The van der Waals surface area contributed by atoms with Gasteiger partial charge in [0.2, 0.25) is 5.91 Å². The van der Waals surface area contributed by atoms with E-state index in [1.165, 1.54) is 6.07 Å². The summed E-state index contributed by atoms with van der Waals surface area (Å²) in [4.78, 5) is 28.1. The fourth-order valence-electron chi connectivity index (χ4n) is 3.85. The van der Waals surface area contributed by atoms with E-state index in [0.29, 0.717) is 26.1 Å². The van der Waals surface area contributed by atoms with Gasteiger partial charge in [-0.3, -0.25) is 9.59 Å². The molecule has 1 aromatic rings. The van der Waals surface area contributed by atoms with Gasteiger partial charge in [0.1, 0.15) is 0 Å². The van der Waals surface area contributed by atoms with Gasteiger partial charge in [-0.1, -0.05) is 0 Å². The van der Waals surface area contributed by atoms with Gasteiger partial charge in [-0.05, 0) is 18.2 Å². The Hall–Kier alpha value is -2.15. The number of likely N-dealkylation sites (tertiary alicyclic amines) is 1. The Morgan fingerprint density at radius 2 is 2.23 bits per heavy atom. The topological polar surface area (TPSA) is 70.1 Å². The van der Waals surface area contributed by atoms with Crippen LogP contribution < -0.4 is 0 Å². The smallest absolute Gasteiger partial charge is 0.254 e. The number of carbonyl (C=O) groups excluding carboxylic acids is 2. The minimum atomic E-state index is -0.768. The molecule has 1 aromatic carbocycles. The molecule has 3 aliphatic heterocycles. The molecule has 2 amide bonds. The monoisotopic (exact) mass is 306 g/mol. The van der Waals surface area contributed by atoms with E-state index in [4.69, 9.17) is 4.74 Å². The quantitative estimate of drug-likeness (QED) is 0.829. The zero-order valence-electron chi connectivity index (χ0n) is 11.8. The number of phenols is 1. The molecule has 0 radical (unpaired) electrons. The van der Waals surface area contributed by atoms with E-state index in [1.807, 2.05) is 0 Å². The summed E-state index contributed by atoms with van der Waals surface area (Å²) in [5.41, 5.74) is -0.478. The number of ether oxygens (including phenoxy) is 1. The van der Waals surface area contributed by atoms with E-state index in [9.17, 15) is 19.1 Å². The summed E-state index contributed by atoms with van der Waals surface area (Å²) in [6.45, 7) is 1.53. The van der Waals surface area contributed by atoms with E-state index in [2.05, 4.69) is 0 Å². The lowest BCUT2D eigenvalue weighted by atomic mass is 10.1. The number of phenolic OH excluding ortho intramolecular Hbond substituents is 1. The second-order valence-electron chi connectivity index (χ2n) is 5.87. The van der Waals surface area contributed by atoms with Crippen LogP contribution in [0.5, 0.6) is 5.75 Å². The average Bonchev–Trinajstić information content (AvgIpc) is 3.13. The van der Waals surface area contributed by atoms with Crippen molar-refractivity contribution in [1.82, 2.24) is 9.80 Å². The summed E-state index contributed by atoms with van der Waals surface area (Å²) in [6.07, 6.45) is 0.835. The van der Waals surface area contributed by atoms with Crippen LogP contribution in [0.4, 0.5) is 4.39 Å². The number of benzene rings is 1. The minimum Gasteiger partial charge on any atom is -0.505 e. The van der Waals surface area contributed by atoms with Crippen molar-refractivity contribution in [1.29, 1.82) is 0 Å². The lowest BCUT2D eigenvalue weighted by molar-refractivity contribution is -0.136. The standard InChI is InChI=1S/C15H15FN2O4/c16-10-2-1-9(7-11(10)19)14(21)17-4-3-15-12(17)8-13(20)18(15)5-6-22-15/h1-2,7,12,19H,3-6,8H2/t12-,15+/m1/s1. The summed E-state index contributed by atoms with van der Waals surface area (Å²) in [6, 6.07) is 3.20. The van der Waals surface area contributed by atoms with Crippen molar-refractivity contribution >= 4 is 11.8 Å². The summed E-state index contributed by atoms with van der Waals surface area (Å²) < 4.78 is 19.0. The Kier molecular flexibility index (Phi) is 2.72. The maximum atomic E-state index is 13.1. The van der Waals surface area contributed by atoms with E-state index in [-0.39, 0.29) is 29.8 Å². The number of nitrogens with zero attached hydrogens (tertiary/aromatic N) is 2. The Balaban J connectivity index is 1.65. The molecule has 116 valence electrons. The number of rotatable bonds is 1. The van der Waals surface area contributed by atoms with Crippen molar-refractivity contribution in [2.24, 2.45) is 0 Å². The number of carbonyl (C=O) groups is 2. The summed E-state index contributed by atoms with van der Waals surface area (Å²) in [5, 5.41) is 9.44. The van der Waals surface area contributed by atoms with E-state index in [1.54, 1.807) is 9.80 Å². The molecule has 0 unspecified atom stereocenters. The van der Waals surface area contributed by atoms with Crippen LogP contribution in [-0.2, 0) is 9.53 Å². The van der Waals surface area contributed by atoms with E-state index < -0.39 is 17.3 Å². The second kappa shape index (κ2) is 4.42. The SMILES string of the molecule is O=C(c1ccc(F)c(O)c1)N1CC[C@@]23OCCN2C(=O)C[C@@H]13. The van der Waals surface area contributed by atoms with Crippen LogP contribution in [0.15, 0.2) is 18.2 Å². The Morgan fingerprint density at radius 3 is 3.00 bits per heavy atom. The van der Waals surface area contributed by atoms with E-state index >= 15 is 0 Å². The first-order valence-electron chi connectivity index (χ1n) is 7.27. The maximum Gasteiger partial charge on any atom is 0.254 e. The van der Waals surface area contributed by atoms with Crippen LogP contribution in [-0.4, -0.2) is 58.2 Å². The van der Waals surface area contributed by atoms with Gasteiger partial charge in [-0.2, -0.15) is 0 Å². The maximum absolute atomic E-state index is 13.1. The van der Waals surface area contributed by atoms with Crippen molar-refractivity contribution in [3.63, 3.8) is 0 Å². The first kappa shape index (κ1) is 13.5. The van der Waals surface area contributed by atoms with Gasteiger partial charge < -0.3 is 19.6 Å². The van der Waals surface area contributed by atoms with Crippen LogP contribution in [0.25, 0.3) is 0 Å².